The molecule has 0 aromatic heterocycles. The number of benzene rings is 1. The molecule has 3 nitrogen and oxygen atoms in total. The number of nitriles is 1. The molecule has 0 fully saturated rings. The Bertz CT molecular complexity index is 424. The third-order valence-corrected chi connectivity index (χ3v) is 2.97. The molecular formula is C12H15ClN2O. The number of halogens is 1. The Kier molecular flexibility index (Phi) is 3.79. The molecule has 1 aromatic carbocycles. The summed E-state index contributed by atoms with van der Waals surface area (Å²) in [5.74, 6) is 0. The summed E-state index contributed by atoms with van der Waals surface area (Å²) < 4.78 is 0. The minimum absolute atomic E-state index is 0.000875. The molecule has 1 rings (SSSR count). The first-order valence-electron chi connectivity index (χ1n) is 4.96. The van der Waals surface area contributed by atoms with E-state index in [1.165, 1.54) is 0 Å². The van der Waals surface area contributed by atoms with Crippen molar-refractivity contribution in [3.05, 3.63) is 28.8 Å². The highest BCUT2D eigenvalue weighted by Gasteiger charge is 2.24. The van der Waals surface area contributed by atoms with Gasteiger partial charge in [0.05, 0.1) is 23.4 Å². The van der Waals surface area contributed by atoms with E-state index in [1.807, 2.05) is 25.8 Å². The van der Waals surface area contributed by atoms with Gasteiger partial charge in [0.15, 0.2) is 0 Å². The molecule has 0 spiro atoms. The van der Waals surface area contributed by atoms with Crippen LogP contribution in [-0.2, 0) is 0 Å². The standard InChI is InChI=1S/C12H15ClN2O/c1-12(2,8-16)15(3)11-6-10(13)5-4-9(11)7-14/h4-6,16H,8H2,1-3H3. The second kappa shape index (κ2) is 4.73. The van der Waals surface area contributed by atoms with Crippen LogP contribution in [0.3, 0.4) is 0 Å². The van der Waals surface area contributed by atoms with Crippen LogP contribution >= 0.6 is 11.6 Å². The first-order chi connectivity index (χ1) is 7.42. The van der Waals surface area contributed by atoms with Crippen LogP contribution in [0.15, 0.2) is 18.2 Å². The smallest absolute Gasteiger partial charge is 0.101 e. The van der Waals surface area contributed by atoms with Gasteiger partial charge in [0.1, 0.15) is 6.07 Å². The largest absolute Gasteiger partial charge is 0.394 e. The Morgan fingerprint density at radius 1 is 1.50 bits per heavy atom. The number of nitrogens with zero attached hydrogens (tertiary/aromatic N) is 2. The Labute approximate surface area is 101 Å². The fourth-order valence-corrected chi connectivity index (χ4v) is 1.48. The van der Waals surface area contributed by atoms with Crippen LogP contribution in [0.1, 0.15) is 19.4 Å². The Morgan fingerprint density at radius 3 is 2.62 bits per heavy atom. The second-order valence-electron chi connectivity index (χ2n) is 4.30. The maximum atomic E-state index is 9.30. The molecule has 1 N–H and O–H groups in total. The molecule has 0 unspecified atom stereocenters. The normalized spacial score (nSPS) is 11.0. The summed E-state index contributed by atoms with van der Waals surface area (Å²) >= 11 is 5.91. The molecular weight excluding hydrogens is 224 g/mol. The lowest BCUT2D eigenvalue weighted by atomic mass is 10.0. The lowest BCUT2D eigenvalue weighted by Gasteiger charge is -2.36. The van der Waals surface area contributed by atoms with Gasteiger partial charge in [0.25, 0.3) is 0 Å². The number of aliphatic hydroxyl groups excluding tert-OH is 1. The molecule has 4 heteroatoms. The molecule has 86 valence electrons. The van der Waals surface area contributed by atoms with E-state index < -0.39 is 5.54 Å². The molecule has 0 amide bonds. The molecule has 0 heterocycles. The van der Waals surface area contributed by atoms with Crippen LogP contribution in [-0.4, -0.2) is 24.3 Å². The van der Waals surface area contributed by atoms with Crippen molar-refractivity contribution in [3.63, 3.8) is 0 Å². The predicted molar refractivity (Wildman–Crippen MR) is 65.7 cm³/mol. The number of likely N-dealkylation sites (N-methyl/N-ethyl adjacent to an activating group) is 1. The van der Waals surface area contributed by atoms with E-state index in [4.69, 9.17) is 16.9 Å². The molecule has 0 saturated heterocycles. The Hall–Kier alpha value is -1.24. The van der Waals surface area contributed by atoms with E-state index in [9.17, 15) is 5.11 Å². The average molecular weight is 239 g/mol. The maximum absolute atomic E-state index is 9.30. The number of aliphatic hydroxyl groups is 1. The number of hydrogen-bond donors (Lipinski definition) is 1. The molecule has 1 aromatic rings. The summed E-state index contributed by atoms with van der Waals surface area (Å²) in [5.41, 5.74) is 0.846. The SMILES string of the molecule is CN(c1cc(Cl)ccc1C#N)C(C)(C)CO. The first kappa shape index (κ1) is 12.8. The second-order valence-corrected chi connectivity index (χ2v) is 4.74. The van der Waals surface area contributed by atoms with Crippen LogP contribution in [0.5, 0.6) is 0 Å². The minimum Gasteiger partial charge on any atom is -0.394 e. The fraction of sp³-hybridized carbons (Fsp3) is 0.417. The van der Waals surface area contributed by atoms with Gasteiger partial charge in [-0.2, -0.15) is 5.26 Å². The highest BCUT2D eigenvalue weighted by Crippen LogP contribution is 2.28. The molecule has 0 bridgehead atoms. The summed E-state index contributed by atoms with van der Waals surface area (Å²) in [4.78, 5) is 1.86. The van der Waals surface area contributed by atoms with Crippen LogP contribution in [0.4, 0.5) is 5.69 Å². The van der Waals surface area contributed by atoms with Gasteiger partial charge in [0, 0.05) is 12.1 Å². The third kappa shape index (κ3) is 2.46. The van der Waals surface area contributed by atoms with Gasteiger partial charge in [-0.05, 0) is 32.0 Å². The Balaban J connectivity index is 3.22. The van der Waals surface area contributed by atoms with Gasteiger partial charge in [-0.1, -0.05) is 11.6 Å². The van der Waals surface area contributed by atoms with Gasteiger partial charge in [-0.3, -0.25) is 0 Å². The Morgan fingerprint density at radius 2 is 2.12 bits per heavy atom. The van der Waals surface area contributed by atoms with Crippen LogP contribution in [0.25, 0.3) is 0 Å². The zero-order valence-electron chi connectivity index (χ0n) is 9.66. The van der Waals surface area contributed by atoms with Crippen LogP contribution in [0, 0.1) is 11.3 Å². The molecule has 0 atom stereocenters. The van der Waals surface area contributed by atoms with Crippen molar-refractivity contribution in [2.24, 2.45) is 0 Å². The van der Waals surface area contributed by atoms with E-state index in [0.29, 0.717) is 10.6 Å². The maximum Gasteiger partial charge on any atom is 0.101 e. The minimum atomic E-state index is -0.434. The molecule has 0 aliphatic heterocycles. The van der Waals surface area contributed by atoms with Gasteiger partial charge < -0.3 is 10.0 Å². The van der Waals surface area contributed by atoms with Gasteiger partial charge in [0.2, 0.25) is 0 Å². The van der Waals surface area contributed by atoms with Crippen LogP contribution < -0.4 is 4.90 Å². The van der Waals surface area contributed by atoms with E-state index in [-0.39, 0.29) is 6.61 Å². The van der Waals surface area contributed by atoms with Crippen molar-refractivity contribution in [1.82, 2.24) is 0 Å². The molecule has 16 heavy (non-hydrogen) atoms. The summed E-state index contributed by atoms with van der Waals surface area (Å²) in [5, 5.41) is 18.9. The number of rotatable bonds is 3. The molecule has 0 aliphatic carbocycles. The van der Waals surface area contributed by atoms with Crippen molar-refractivity contribution in [1.29, 1.82) is 5.26 Å². The average Bonchev–Trinajstić information content (AvgIpc) is 2.28. The number of hydrogen-bond acceptors (Lipinski definition) is 3. The van der Waals surface area contributed by atoms with Crippen molar-refractivity contribution in [2.75, 3.05) is 18.6 Å². The zero-order chi connectivity index (χ0) is 12.3. The summed E-state index contributed by atoms with van der Waals surface area (Å²) in [6, 6.07) is 7.22. The van der Waals surface area contributed by atoms with Crippen molar-refractivity contribution < 1.29 is 5.11 Å². The van der Waals surface area contributed by atoms with E-state index in [0.717, 1.165) is 5.69 Å². The summed E-state index contributed by atoms with van der Waals surface area (Å²) in [7, 11) is 1.84. The lowest BCUT2D eigenvalue weighted by Crippen LogP contribution is -2.44. The van der Waals surface area contributed by atoms with Gasteiger partial charge >= 0.3 is 0 Å². The first-order valence-corrected chi connectivity index (χ1v) is 5.34. The molecule has 0 saturated carbocycles. The molecule has 0 radical (unpaired) electrons. The van der Waals surface area contributed by atoms with Crippen molar-refractivity contribution in [3.8, 4) is 6.07 Å². The van der Waals surface area contributed by atoms with E-state index in [2.05, 4.69) is 6.07 Å². The lowest BCUT2D eigenvalue weighted by molar-refractivity contribution is 0.216. The quantitative estimate of drug-likeness (QED) is 0.880. The summed E-state index contributed by atoms with van der Waals surface area (Å²) in [6.07, 6.45) is 0. The van der Waals surface area contributed by atoms with Crippen LogP contribution in [0.2, 0.25) is 5.02 Å². The van der Waals surface area contributed by atoms with Crippen molar-refractivity contribution in [2.45, 2.75) is 19.4 Å². The van der Waals surface area contributed by atoms with Gasteiger partial charge in [-0.25, -0.2) is 0 Å². The monoisotopic (exact) mass is 238 g/mol. The predicted octanol–water partition coefficient (Wildman–Crippen LogP) is 2.42. The summed E-state index contributed by atoms with van der Waals surface area (Å²) in [6.45, 7) is 3.80. The highest BCUT2D eigenvalue weighted by atomic mass is 35.5. The number of anilines is 1. The van der Waals surface area contributed by atoms with Gasteiger partial charge in [-0.15, -0.1) is 0 Å². The van der Waals surface area contributed by atoms with Crippen molar-refractivity contribution >= 4 is 17.3 Å². The highest BCUT2D eigenvalue weighted by molar-refractivity contribution is 6.30. The topological polar surface area (TPSA) is 47.3 Å². The third-order valence-electron chi connectivity index (χ3n) is 2.74. The molecule has 0 aliphatic rings. The van der Waals surface area contributed by atoms with E-state index in [1.54, 1.807) is 18.2 Å². The van der Waals surface area contributed by atoms with E-state index >= 15 is 0 Å². The fourth-order valence-electron chi connectivity index (χ4n) is 1.31. The zero-order valence-corrected chi connectivity index (χ0v) is 10.4.